The summed E-state index contributed by atoms with van der Waals surface area (Å²) in [5.41, 5.74) is 5.82. The third kappa shape index (κ3) is 2.70. The van der Waals surface area contributed by atoms with Crippen molar-refractivity contribution in [1.29, 1.82) is 0 Å². The van der Waals surface area contributed by atoms with Gasteiger partial charge in [-0.25, -0.2) is 0 Å². The van der Waals surface area contributed by atoms with Gasteiger partial charge in [-0.2, -0.15) is 0 Å². The summed E-state index contributed by atoms with van der Waals surface area (Å²) in [4.78, 5) is 11.4. The first-order chi connectivity index (χ1) is 8.82. The van der Waals surface area contributed by atoms with Gasteiger partial charge in [0.05, 0.1) is 0 Å². The largest absolute Gasteiger partial charge is 0.298 e. The Labute approximate surface area is 116 Å². The lowest BCUT2D eigenvalue weighted by atomic mass is 9.83. The van der Waals surface area contributed by atoms with Crippen molar-refractivity contribution >= 4 is 6.29 Å². The van der Waals surface area contributed by atoms with E-state index in [0.717, 1.165) is 17.4 Å². The predicted octanol–water partition coefficient (Wildman–Crippen LogP) is 4.79. The highest BCUT2D eigenvalue weighted by Crippen LogP contribution is 2.34. The van der Waals surface area contributed by atoms with Crippen LogP contribution < -0.4 is 0 Å². The average Bonchev–Trinajstić information content (AvgIpc) is 2.67. The molecule has 0 N–H and O–H groups in total. The Balaban J connectivity index is 2.47. The molecule has 0 radical (unpaired) electrons. The van der Waals surface area contributed by atoms with Crippen molar-refractivity contribution in [2.75, 3.05) is 0 Å². The molecule has 0 heterocycles. The standard InChI is InChI=1S/C18H22O/c1-12-8-14(9-13(12)2)17-7-6-16(18(3,4)5)10-15(17)11-19/h6-11,14H,1-5H3. The van der Waals surface area contributed by atoms with E-state index >= 15 is 0 Å². The highest BCUT2D eigenvalue weighted by Gasteiger charge is 2.20. The lowest BCUT2D eigenvalue weighted by Gasteiger charge is -2.21. The number of hydrogen-bond acceptors (Lipinski definition) is 1. The predicted molar refractivity (Wildman–Crippen MR) is 80.8 cm³/mol. The molecule has 1 heteroatoms. The maximum atomic E-state index is 11.4. The van der Waals surface area contributed by atoms with E-state index in [2.05, 4.69) is 58.9 Å². The number of carbonyl (C=O) groups is 1. The van der Waals surface area contributed by atoms with Crippen molar-refractivity contribution < 1.29 is 4.79 Å². The molecule has 0 fully saturated rings. The van der Waals surface area contributed by atoms with Crippen LogP contribution in [-0.2, 0) is 5.41 Å². The molecule has 2 rings (SSSR count). The fraction of sp³-hybridized carbons (Fsp3) is 0.389. The Morgan fingerprint density at radius 3 is 2.11 bits per heavy atom. The second-order valence-corrected chi connectivity index (χ2v) is 6.44. The maximum Gasteiger partial charge on any atom is 0.150 e. The van der Waals surface area contributed by atoms with E-state index in [1.54, 1.807) is 0 Å². The summed E-state index contributed by atoms with van der Waals surface area (Å²) < 4.78 is 0. The van der Waals surface area contributed by atoms with E-state index in [1.807, 2.05) is 6.07 Å². The molecule has 100 valence electrons. The molecule has 1 aliphatic rings. The Morgan fingerprint density at radius 2 is 1.63 bits per heavy atom. The number of rotatable bonds is 2. The minimum Gasteiger partial charge on any atom is -0.298 e. The van der Waals surface area contributed by atoms with Crippen LogP contribution in [0.2, 0.25) is 0 Å². The molecule has 0 spiro atoms. The normalized spacial score (nSPS) is 16.3. The van der Waals surface area contributed by atoms with E-state index in [-0.39, 0.29) is 11.3 Å². The number of benzene rings is 1. The molecule has 1 aromatic rings. The van der Waals surface area contributed by atoms with Gasteiger partial charge in [-0.1, -0.05) is 56.2 Å². The summed E-state index contributed by atoms with van der Waals surface area (Å²) in [6.45, 7) is 10.7. The van der Waals surface area contributed by atoms with E-state index < -0.39 is 0 Å². The molecule has 0 unspecified atom stereocenters. The maximum absolute atomic E-state index is 11.4. The molecule has 0 bridgehead atoms. The lowest BCUT2D eigenvalue weighted by Crippen LogP contribution is -2.12. The molecule has 0 aliphatic heterocycles. The quantitative estimate of drug-likeness (QED) is 0.694. The fourth-order valence-electron chi connectivity index (χ4n) is 2.48. The lowest BCUT2D eigenvalue weighted by molar-refractivity contribution is 0.112. The first-order valence-corrected chi connectivity index (χ1v) is 6.80. The highest BCUT2D eigenvalue weighted by molar-refractivity contribution is 5.79. The van der Waals surface area contributed by atoms with Crippen LogP contribution in [0, 0.1) is 0 Å². The summed E-state index contributed by atoms with van der Waals surface area (Å²) in [6, 6.07) is 6.29. The average molecular weight is 254 g/mol. The summed E-state index contributed by atoms with van der Waals surface area (Å²) in [7, 11) is 0. The van der Waals surface area contributed by atoms with Crippen molar-refractivity contribution in [2.24, 2.45) is 0 Å². The zero-order chi connectivity index (χ0) is 14.2. The van der Waals surface area contributed by atoms with E-state index in [4.69, 9.17) is 0 Å². The monoisotopic (exact) mass is 254 g/mol. The van der Waals surface area contributed by atoms with Gasteiger partial charge in [-0.3, -0.25) is 4.79 Å². The van der Waals surface area contributed by atoms with Crippen LogP contribution in [0.4, 0.5) is 0 Å². The second-order valence-electron chi connectivity index (χ2n) is 6.44. The second kappa shape index (κ2) is 4.80. The minimum absolute atomic E-state index is 0.0729. The molecule has 0 saturated carbocycles. The van der Waals surface area contributed by atoms with Gasteiger partial charge in [0.15, 0.2) is 0 Å². The third-order valence-electron chi connectivity index (χ3n) is 3.92. The zero-order valence-corrected chi connectivity index (χ0v) is 12.4. The molecule has 0 aromatic heterocycles. The molecule has 1 nitrogen and oxygen atoms in total. The third-order valence-corrected chi connectivity index (χ3v) is 3.92. The van der Waals surface area contributed by atoms with Crippen LogP contribution >= 0.6 is 0 Å². The fourth-order valence-corrected chi connectivity index (χ4v) is 2.48. The molecule has 1 aliphatic carbocycles. The highest BCUT2D eigenvalue weighted by atomic mass is 16.1. The number of hydrogen-bond donors (Lipinski definition) is 0. The molecule has 1 aromatic carbocycles. The van der Waals surface area contributed by atoms with Gasteiger partial charge in [0, 0.05) is 11.5 Å². The topological polar surface area (TPSA) is 17.1 Å². The summed E-state index contributed by atoms with van der Waals surface area (Å²) in [5.74, 6) is 0.245. The van der Waals surface area contributed by atoms with Crippen molar-refractivity contribution in [3.8, 4) is 0 Å². The number of carbonyl (C=O) groups excluding carboxylic acids is 1. The summed E-state index contributed by atoms with van der Waals surface area (Å²) >= 11 is 0. The SMILES string of the molecule is CC1=CC(c2ccc(C(C)(C)C)cc2C=O)C=C1C. The minimum atomic E-state index is 0.0729. The van der Waals surface area contributed by atoms with Crippen LogP contribution in [0.5, 0.6) is 0 Å². The summed E-state index contributed by atoms with van der Waals surface area (Å²) in [6.07, 6.45) is 5.44. The van der Waals surface area contributed by atoms with E-state index in [9.17, 15) is 4.79 Å². The molecule has 0 amide bonds. The van der Waals surface area contributed by atoms with Gasteiger partial charge in [0.1, 0.15) is 6.29 Å². The van der Waals surface area contributed by atoms with Crippen LogP contribution in [0.25, 0.3) is 0 Å². The Kier molecular flexibility index (Phi) is 3.49. The van der Waals surface area contributed by atoms with Crippen molar-refractivity contribution in [3.05, 3.63) is 58.2 Å². The van der Waals surface area contributed by atoms with Crippen molar-refractivity contribution in [1.82, 2.24) is 0 Å². The van der Waals surface area contributed by atoms with Gasteiger partial charge in [-0.15, -0.1) is 0 Å². The number of aldehydes is 1. The Morgan fingerprint density at radius 1 is 1.05 bits per heavy atom. The molecule has 0 saturated heterocycles. The molecular formula is C18H22O. The molecule has 19 heavy (non-hydrogen) atoms. The van der Waals surface area contributed by atoms with E-state index in [0.29, 0.717) is 0 Å². The van der Waals surface area contributed by atoms with Crippen LogP contribution in [0.3, 0.4) is 0 Å². The van der Waals surface area contributed by atoms with Gasteiger partial charge < -0.3 is 0 Å². The van der Waals surface area contributed by atoms with Gasteiger partial charge in [0.2, 0.25) is 0 Å². The van der Waals surface area contributed by atoms with Gasteiger partial charge in [0.25, 0.3) is 0 Å². The van der Waals surface area contributed by atoms with E-state index in [1.165, 1.54) is 16.7 Å². The zero-order valence-electron chi connectivity index (χ0n) is 12.4. The Bertz CT molecular complexity index is 550. The molecule has 0 atom stereocenters. The van der Waals surface area contributed by atoms with Gasteiger partial charge in [-0.05, 0) is 36.5 Å². The van der Waals surface area contributed by atoms with Gasteiger partial charge >= 0.3 is 0 Å². The first kappa shape index (κ1) is 13.8. The van der Waals surface area contributed by atoms with Crippen molar-refractivity contribution in [3.63, 3.8) is 0 Å². The van der Waals surface area contributed by atoms with Crippen LogP contribution in [0.15, 0.2) is 41.5 Å². The van der Waals surface area contributed by atoms with Crippen LogP contribution in [-0.4, -0.2) is 6.29 Å². The smallest absolute Gasteiger partial charge is 0.150 e. The van der Waals surface area contributed by atoms with Crippen molar-refractivity contribution in [2.45, 2.75) is 46.0 Å². The first-order valence-electron chi connectivity index (χ1n) is 6.80. The Hall–Kier alpha value is -1.63. The summed E-state index contributed by atoms with van der Waals surface area (Å²) in [5, 5.41) is 0. The number of allylic oxidation sites excluding steroid dienone is 4. The van der Waals surface area contributed by atoms with Crippen LogP contribution in [0.1, 0.15) is 62.0 Å². The molecular weight excluding hydrogens is 232 g/mol.